The molecule has 0 spiro atoms. The summed E-state index contributed by atoms with van der Waals surface area (Å²) in [7, 11) is 1.91. The second kappa shape index (κ2) is 10.3. The van der Waals surface area contributed by atoms with Crippen LogP contribution in [-0.4, -0.2) is 62.7 Å². The Morgan fingerprint density at radius 3 is 2.76 bits per heavy atom. The number of nitrogens with zero attached hydrogens (tertiary/aromatic N) is 5. The number of aliphatic hydroxyl groups is 1. The van der Waals surface area contributed by atoms with Gasteiger partial charge in [-0.1, -0.05) is 17.3 Å². The summed E-state index contributed by atoms with van der Waals surface area (Å²) in [6.07, 6.45) is 1.96. The van der Waals surface area contributed by atoms with Crippen molar-refractivity contribution in [2.75, 3.05) is 20.1 Å². The molecule has 10 heteroatoms. The Morgan fingerprint density at radius 1 is 1.26 bits per heavy atom. The number of nitriles is 1. The summed E-state index contributed by atoms with van der Waals surface area (Å²) in [6.45, 7) is 5.05. The number of rotatable bonds is 6. The molecule has 2 aromatic heterocycles. The number of thiophene rings is 1. The molecule has 2 aromatic carbocycles. The third-order valence-electron chi connectivity index (χ3n) is 6.77. The Balaban J connectivity index is 1.58. The van der Waals surface area contributed by atoms with Gasteiger partial charge in [-0.25, -0.2) is 9.07 Å². The number of amides is 1. The Bertz CT molecular complexity index is 1550. The molecular weight excluding hydrogens is 503 g/mol. The fraction of sp³-hybridized carbons (Fsp3) is 0.357. The molecule has 0 radical (unpaired) electrons. The van der Waals surface area contributed by atoms with Crippen molar-refractivity contribution in [3.63, 3.8) is 0 Å². The minimum Gasteiger partial charge on any atom is -0.389 e. The van der Waals surface area contributed by atoms with Gasteiger partial charge in [0.15, 0.2) is 0 Å². The quantitative estimate of drug-likeness (QED) is 0.380. The molecule has 0 saturated carbocycles. The van der Waals surface area contributed by atoms with Crippen LogP contribution in [0.15, 0.2) is 42.5 Å². The van der Waals surface area contributed by atoms with Gasteiger partial charge in [0, 0.05) is 29.6 Å². The highest BCUT2D eigenvalue weighted by Crippen LogP contribution is 2.41. The lowest BCUT2D eigenvalue weighted by Gasteiger charge is -2.32. The molecule has 1 atom stereocenters. The van der Waals surface area contributed by atoms with E-state index in [0.717, 1.165) is 28.8 Å². The van der Waals surface area contributed by atoms with E-state index in [2.05, 4.69) is 15.6 Å². The number of benzene rings is 2. The molecule has 8 nitrogen and oxygen atoms in total. The van der Waals surface area contributed by atoms with E-state index >= 15 is 0 Å². The van der Waals surface area contributed by atoms with Crippen LogP contribution in [0, 0.1) is 17.1 Å². The number of piperidine rings is 1. The highest BCUT2D eigenvalue weighted by atomic mass is 32.1. The SMILES string of the molecule is CN[C@@H]1CCCN(C(=O)c2cc(-c3ccc(C#N)c(F)c3)c(-c3ccc4c(c3)nnn4CC(C)(C)O)s2)C1. The summed E-state index contributed by atoms with van der Waals surface area (Å²) in [5.74, 6) is -0.651. The lowest BCUT2D eigenvalue weighted by molar-refractivity contribution is 0.0584. The van der Waals surface area contributed by atoms with E-state index in [-0.39, 0.29) is 17.5 Å². The molecule has 0 bridgehead atoms. The van der Waals surface area contributed by atoms with Gasteiger partial charge in [0.1, 0.15) is 17.4 Å². The van der Waals surface area contributed by atoms with Crippen molar-refractivity contribution >= 4 is 28.3 Å². The maximum Gasteiger partial charge on any atom is 0.264 e. The first-order valence-corrected chi connectivity index (χ1v) is 13.3. The fourth-order valence-corrected chi connectivity index (χ4v) is 5.99. The molecular formula is C28H29FN6O2S. The standard InChI is InChI=1S/C28H29FN6O2S/c1-28(2,37)16-35-24-9-8-18(12-23(24)32-33-35)26-21(17-6-7-19(14-30)22(29)11-17)13-25(38-26)27(36)34-10-4-5-20(15-34)31-3/h6-9,11-13,20,31,37H,4-5,10,15-16H2,1-3H3/t20-/m1/s1. The number of carbonyl (C=O) groups excluding carboxylic acids is 1. The monoisotopic (exact) mass is 532 g/mol. The van der Waals surface area contributed by atoms with Crippen LogP contribution in [0.2, 0.25) is 0 Å². The molecule has 3 heterocycles. The largest absolute Gasteiger partial charge is 0.389 e. The second-order valence-electron chi connectivity index (χ2n) is 10.3. The van der Waals surface area contributed by atoms with E-state index < -0.39 is 11.4 Å². The van der Waals surface area contributed by atoms with Gasteiger partial charge < -0.3 is 15.3 Å². The van der Waals surface area contributed by atoms with Crippen molar-refractivity contribution in [3.8, 4) is 27.6 Å². The molecule has 2 N–H and O–H groups in total. The van der Waals surface area contributed by atoms with Gasteiger partial charge in [0.25, 0.3) is 5.91 Å². The molecule has 5 rings (SSSR count). The predicted molar refractivity (Wildman–Crippen MR) is 145 cm³/mol. The first-order chi connectivity index (χ1) is 18.2. The third-order valence-corrected chi connectivity index (χ3v) is 7.95. The van der Waals surface area contributed by atoms with E-state index in [0.29, 0.717) is 41.2 Å². The number of hydrogen-bond acceptors (Lipinski definition) is 7. The number of aromatic nitrogens is 3. The first kappa shape index (κ1) is 26.0. The average molecular weight is 533 g/mol. The minimum absolute atomic E-state index is 0.0295. The van der Waals surface area contributed by atoms with Crippen LogP contribution < -0.4 is 5.32 Å². The van der Waals surface area contributed by atoms with E-state index in [4.69, 9.17) is 0 Å². The molecule has 38 heavy (non-hydrogen) atoms. The van der Waals surface area contributed by atoms with Crippen LogP contribution in [0.4, 0.5) is 4.39 Å². The van der Waals surface area contributed by atoms with Crippen LogP contribution in [0.1, 0.15) is 41.9 Å². The summed E-state index contributed by atoms with van der Waals surface area (Å²) in [5.41, 5.74) is 2.58. The van der Waals surface area contributed by atoms with Gasteiger partial charge in [-0.2, -0.15) is 5.26 Å². The molecule has 0 unspecified atom stereocenters. The van der Waals surface area contributed by atoms with Crippen molar-refractivity contribution < 1.29 is 14.3 Å². The molecule has 1 amide bonds. The molecule has 1 aliphatic heterocycles. The van der Waals surface area contributed by atoms with Gasteiger partial charge in [0.2, 0.25) is 0 Å². The maximum atomic E-state index is 14.6. The van der Waals surface area contributed by atoms with Crippen molar-refractivity contribution in [1.82, 2.24) is 25.2 Å². The van der Waals surface area contributed by atoms with Crippen molar-refractivity contribution in [2.45, 2.75) is 44.9 Å². The Hall–Kier alpha value is -3.65. The second-order valence-corrected chi connectivity index (χ2v) is 11.4. The van der Waals surface area contributed by atoms with Crippen LogP contribution in [0.5, 0.6) is 0 Å². The lowest BCUT2D eigenvalue weighted by Crippen LogP contribution is -2.46. The normalized spacial score (nSPS) is 16.1. The van der Waals surface area contributed by atoms with Crippen molar-refractivity contribution in [2.24, 2.45) is 0 Å². The van der Waals surface area contributed by atoms with E-state index in [1.807, 2.05) is 42.3 Å². The number of hydrogen-bond donors (Lipinski definition) is 2. The third kappa shape index (κ3) is 5.18. The number of fused-ring (bicyclic) bond motifs is 1. The van der Waals surface area contributed by atoms with E-state index in [9.17, 15) is 19.6 Å². The minimum atomic E-state index is -0.949. The zero-order valence-corrected chi connectivity index (χ0v) is 22.3. The van der Waals surface area contributed by atoms with Gasteiger partial charge in [-0.05, 0) is 75.2 Å². The smallest absolute Gasteiger partial charge is 0.264 e. The van der Waals surface area contributed by atoms with Crippen LogP contribution in [0.25, 0.3) is 32.6 Å². The molecule has 0 aliphatic carbocycles. The average Bonchev–Trinajstić information content (AvgIpc) is 3.52. The summed E-state index contributed by atoms with van der Waals surface area (Å²) >= 11 is 1.37. The number of halogens is 1. The van der Waals surface area contributed by atoms with Crippen molar-refractivity contribution in [1.29, 1.82) is 5.26 Å². The summed E-state index contributed by atoms with van der Waals surface area (Å²) in [5, 5.41) is 31.2. The lowest BCUT2D eigenvalue weighted by atomic mass is 10.00. The van der Waals surface area contributed by atoms with Crippen LogP contribution >= 0.6 is 11.3 Å². The van der Waals surface area contributed by atoms with Crippen LogP contribution in [0.3, 0.4) is 0 Å². The highest BCUT2D eigenvalue weighted by Gasteiger charge is 2.27. The number of nitrogens with one attached hydrogen (secondary N) is 1. The van der Waals surface area contributed by atoms with Gasteiger partial charge in [0.05, 0.1) is 28.1 Å². The Kier molecular flexibility index (Phi) is 7.01. The van der Waals surface area contributed by atoms with Gasteiger partial charge in [-0.15, -0.1) is 16.4 Å². The fourth-order valence-electron chi connectivity index (χ4n) is 4.85. The molecule has 196 valence electrons. The maximum absolute atomic E-state index is 14.6. The number of likely N-dealkylation sites (N-methyl/N-ethyl adjacent to an activating group) is 1. The highest BCUT2D eigenvalue weighted by molar-refractivity contribution is 7.18. The molecule has 1 aliphatic rings. The molecule has 4 aromatic rings. The predicted octanol–water partition coefficient (Wildman–Crippen LogP) is 4.43. The summed E-state index contributed by atoms with van der Waals surface area (Å²) in [4.78, 5) is 16.8. The van der Waals surface area contributed by atoms with Gasteiger partial charge >= 0.3 is 0 Å². The van der Waals surface area contributed by atoms with E-state index in [1.54, 1.807) is 24.6 Å². The Morgan fingerprint density at radius 2 is 2.05 bits per heavy atom. The first-order valence-electron chi connectivity index (χ1n) is 12.5. The zero-order chi connectivity index (χ0) is 27.0. The Labute approximate surface area is 224 Å². The number of likely N-dealkylation sites (tertiary alicyclic amines) is 1. The zero-order valence-electron chi connectivity index (χ0n) is 21.5. The molecule has 1 saturated heterocycles. The topological polar surface area (TPSA) is 107 Å². The van der Waals surface area contributed by atoms with Gasteiger partial charge in [-0.3, -0.25) is 4.79 Å². The number of carbonyl (C=O) groups is 1. The van der Waals surface area contributed by atoms with Crippen LogP contribution in [-0.2, 0) is 6.54 Å². The van der Waals surface area contributed by atoms with E-state index in [1.165, 1.54) is 23.5 Å². The summed E-state index contributed by atoms with van der Waals surface area (Å²) in [6, 6.07) is 14.2. The summed E-state index contributed by atoms with van der Waals surface area (Å²) < 4.78 is 16.3. The van der Waals surface area contributed by atoms with Crippen molar-refractivity contribution in [3.05, 3.63) is 58.7 Å². The molecule has 1 fully saturated rings.